The van der Waals surface area contributed by atoms with Crippen LogP contribution in [0.4, 0.5) is 5.69 Å². The molecule has 35 heavy (non-hydrogen) atoms. The molecule has 0 fully saturated rings. The highest BCUT2D eigenvalue weighted by Gasteiger charge is 2.67. The van der Waals surface area contributed by atoms with Gasteiger partial charge in [-0.05, 0) is 17.7 Å². The highest BCUT2D eigenvalue weighted by Crippen LogP contribution is 2.50. The van der Waals surface area contributed by atoms with Gasteiger partial charge in [-0.25, -0.2) is 5.01 Å². The SMILES string of the molecule is O=C(C1=NN(c2ccccc2)C2(C(=O)c3ccccc3C2=O)C1c1ccccc1)c1ccccc1. The van der Waals surface area contributed by atoms with Crippen molar-refractivity contribution in [3.8, 4) is 0 Å². The van der Waals surface area contributed by atoms with Crippen LogP contribution >= 0.6 is 0 Å². The number of fused-ring (bicyclic) bond motifs is 1. The highest BCUT2D eigenvalue weighted by atomic mass is 16.2. The first-order valence-corrected chi connectivity index (χ1v) is 11.4. The second kappa shape index (κ2) is 7.99. The zero-order valence-corrected chi connectivity index (χ0v) is 18.7. The molecule has 168 valence electrons. The van der Waals surface area contributed by atoms with Crippen LogP contribution in [0, 0.1) is 0 Å². The number of rotatable bonds is 4. The maximum Gasteiger partial charge on any atom is 0.209 e. The van der Waals surface area contributed by atoms with Gasteiger partial charge in [0.2, 0.25) is 11.3 Å². The van der Waals surface area contributed by atoms with Crippen molar-refractivity contribution in [3.05, 3.63) is 138 Å². The zero-order valence-electron chi connectivity index (χ0n) is 18.7. The molecule has 0 bridgehead atoms. The van der Waals surface area contributed by atoms with E-state index in [1.165, 1.54) is 5.01 Å². The summed E-state index contributed by atoms with van der Waals surface area (Å²) in [6.07, 6.45) is 0. The molecule has 1 atom stereocenters. The van der Waals surface area contributed by atoms with E-state index in [9.17, 15) is 14.4 Å². The third-order valence-electron chi connectivity index (χ3n) is 6.74. The molecule has 5 heteroatoms. The monoisotopic (exact) mass is 456 g/mol. The summed E-state index contributed by atoms with van der Waals surface area (Å²) in [6.45, 7) is 0. The van der Waals surface area contributed by atoms with E-state index < -0.39 is 11.5 Å². The van der Waals surface area contributed by atoms with Gasteiger partial charge < -0.3 is 0 Å². The second-order valence-electron chi connectivity index (χ2n) is 8.64. The van der Waals surface area contributed by atoms with Gasteiger partial charge in [-0.1, -0.05) is 103 Å². The molecule has 1 unspecified atom stereocenters. The number of hydrazone groups is 1. The van der Waals surface area contributed by atoms with Crippen molar-refractivity contribution < 1.29 is 14.4 Å². The van der Waals surface area contributed by atoms with Crippen LogP contribution < -0.4 is 5.01 Å². The molecule has 0 saturated heterocycles. The Balaban J connectivity index is 1.65. The number of para-hydroxylation sites is 1. The average molecular weight is 457 g/mol. The second-order valence-corrected chi connectivity index (χ2v) is 8.64. The van der Waals surface area contributed by atoms with Crippen LogP contribution in [0.25, 0.3) is 0 Å². The number of Topliss-reactive ketones (excluding diaryl/α,β-unsaturated/α-hetero) is 3. The van der Waals surface area contributed by atoms with Gasteiger partial charge >= 0.3 is 0 Å². The van der Waals surface area contributed by atoms with E-state index in [1.54, 1.807) is 60.7 Å². The summed E-state index contributed by atoms with van der Waals surface area (Å²) < 4.78 is 0. The fraction of sp³-hybridized carbons (Fsp3) is 0.0667. The Morgan fingerprint density at radius 1 is 0.657 bits per heavy atom. The van der Waals surface area contributed by atoms with E-state index >= 15 is 0 Å². The smallest absolute Gasteiger partial charge is 0.209 e. The van der Waals surface area contributed by atoms with Gasteiger partial charge in [0.25, 0.3) is 0 Å². The summed E-state index contributed by atoms with van der Waals surface area (Å²) in [5, 5.41) is 6.25. The number of carbonyl (C=O) groups excluding carboxylic acids is 3. The quantitative estimate of drug-likeness (QED) is 0.307. The van der Waals surface area contributed by atoms with E-state index in [2.05, 4.69) is 0 Å². The third-order valence-corrected chi connectivity index (χ3v) is 6.74. The lowest BCUT2D eigenvalue weighted by Gasteiger charge is -2.36. The summed E-state index contributed by atoms with van der Waals surface area (Å²) in [4.78, 5) is 42.4. The highest BCUT2D eigenvalue weighted by molar-refractivity contribution is 6.52. The number of ketones is 3. The van der Waals surface area contributed by atoms with Gasteiger partial charge in [-0.3, -0.25) is 14.4 Å². The zero-order chi connectivity index (χ0) is 24.0. The Labute approximate surface area is 202 Å². The van der Waals surface area contributed by atoms with Crippen molar-refractivity contribution in [1.82, 2.24) is 0 Å². The number of carbonyl (C=O) groups is 3. The lowest BCUT2D eigenvalue weighted by Crippen LogP contribution is -2.57. The normalized spacial score (nSPS) is 18.0. The van der Waals surface area contributed by atoms with Crippen LogP contribution in [-0.2, 0) is 0 Å². The van der Waals surface area contributed by atoms with Gasteiger partial charge in [0.05, 0.1) is 11.6 Å². The summed E-state index contributed by atoms with van der Waals surface area (Å²) in [7, 11) is 0. The van der Waals surface area contributed by atoms with Crippen molar-refractivity contribution >= 4 is 28.7 Å². The molecule has 0 N–H and O–H groups in total. The van der Waals surface area contributed by atoms with Crippen LogP contribution in [0.3, 0.4) is 0 Å². The number of hydrogen-bond donors (Lipinski definition) is 0. The van der Waals surface area contributed by atoms with E-state index in [0.29, 0.717) is 27.9 Å². The van der Waals surface area contributed by atoms with E-state index in [-0.39, 0.29) is 23.1 Å². The summed E-state index contributed by atoms with van der Waals surface area (Å²) in [5.41, 5.74) is 0.841. The van der Waals surface area contributed by atoms with Gasteiger partial charge in [-0.2, -0.15) is 5.10 Å². The maximum absolute atomic E-state index is 14.3. The Morgan fingerprint density at radius 3 is 1.71 bits per heavy atom. The number of nitrogens with zero attached hydrogens (tertiary/aromatic N) is 2. The lowest BCUT2D eigenvalue weighted by molar-refractivity contribution is 0.0791. The van der Waals surface area contributed by atoms with Gasteiger partial charge in [0.1, 0.15) is 5.71 Å². The van der Waals surface area contributed by atoms with Crippen LogP contribution in [0.15, 0.2) is 120 Å². The maximum atomic E-state index is 14.3. The fourth-order valence-electron chi connectivity index (χ4n) is 5.20. The van der Waals surface area contributed by atoms with Gasteiger partial charge in [0, 0.05) is 16.7 Å². The molecule has 0 aromatic heterocycles. The van der Waals surface area contributed by atoms with Crippen molar-refractivity contribution in [2.75, 3.05) is 5.01 Å². The Kier molecular flexibility index (Phi) is 4.78. The number of anilines is 1. The molecular formula is C30H20N2O3. The molecule has 0 radical (unpaired) electrons. The van der Waals surface area contributed by atoms with E-state index in [0.717, 1.165) is 0 Å². The standard InChI is InChI=1S/C30H20N2O3/c33-27(21-14-6-2-7-15-21)26-25(20-12-4-1-5-13-20)30(32(31-26)22-16-8-3-9-17-22)28(34)23-18-10-11-19-24(23)29(30)35/h1-19,25H. The molecule has 1 aliphatic heterocycles. The number of hydrogen-bond acceptors (Lipinski definition) is 5. The van der Waals surface area contributed by atoms with Crippen molar-refractivity contribution in [3.63, 3.8) is 0 Å². The van der Waals surface area contributed by atoms with Crippen LogP contribution in [-0.4, -0.2) is 28.6 Å². The predicted molar refractivity (Wildman–Crippen MR) is 134 cm³/mol. The molecule has 2 aliphatic rings. The molecule has 1 aliphatic carbocycles. The van der Waals surface area contributed by atoms with Crippen LogP contribution in [0.5, 0.6) is 0 Å². The minimum atomic E-state index is -1.73. The first-order valence-electron chi connectivity index (χ1n) is 11.4. The average Bonchev–Trinajstić information content (AvgIpc) is 3.40. The summed E-state index contributed by atoms with van der Waals surface area (Å²) in [5.74, 6) is -1.90. The summed E-state index contributed by atoms with van der Waals surface area (Å²) in [6, 6.07) is 34.0. The first-order chi connectivity index (χ1) is 17.1. The predicted octanol–water partition coefficient (Wildman–Crippen LogP) is 5.35. The molecule has 0 saturated carbocycles. The molecule has 0 amide bonds. The van der Waals surface area contributed by atoms with Crippen LogP contribution in [0.2, 0.25) is 0 Å². The molecule has 4 aromatic rings. The lowest BCUT2D eigenvalue weighted by atomic mass is 9.72. The Morgan fingerprint density at radius 2 is 1.14 bits per heavy atom. The largest absolute Gasteiger partial charge is 0.291 e. The van der Waals surface area contributed by atoms with Crippen LogP contribution in [0.1, 0.15) is 42.6 Å². The third kappa shape index (κ3) is 2.95. The molecule has 1 spiro atoms. The van der Waals surface area contributed by atoms with E-state index in [1.807, 2.05) is 54.6 Å². The minimum absolute atomic E-state index is 0.167. The molecular weight excluding hydrogens is 436 g/mol. The molecule has 1 heterocycles. The van der Waals surface area contributed by atoms with Crippen molar-refractivity contribution in [2.24, 2.45) is 5.10 Å². The molecule has 4 aromatic carbocycles. The van der Waals surface area contributed by atoms with Crippen molar-refractivity contribution in [1.29, 1.82) is 0 Å². The number of benzene rings is 4. The van der Waals surface area contributed by atoms with Gasteiger partial charge in [-0.15, -0.1) is 0 Å². The van der Waals surface area contributed by atoms with Crippen molar-refractivity contribution in [2.45, 2.75) is 11.5 Å². The Bertz CT molecular complexity index is 1460. The van der Waals surface area contributed by atoms with E-state index in [4.69, 9.17) is 5.10 Å². The van der Waals surface area contributed by atoms with Gasteiger partial charge in [0.15, 0.2) is 11.6 Å². The molecule has 6 rings (SSSR count). The topological polar surface area (TPSA) is 66.8 Å². The summed E-state index contributed by atoms with van der Waals surface area (Å²) >= 11 is 0. The fourth-order valence-corrected chi connectivity index (χ4v) is 5.20. The Hall–Kier alpha value is -4.64. The first kappa shape index (κ1) is 20.9. The minimum Gasteiger partial charge on any atom is -0.291 e. The molecule has 5 nitrogen and oxygen atoms in total.